The third kappa shape index (κ3) is 6.11. The Labute approximate surface area is 166 Å². The van der Waals surface area contributed by atoms with Gasteiger partial charge in [0.1, 0.15) is 12.6 Å². The number of hydrogen-bond donors (Lipinski definition) is 1. The maximum Gasteiger partial charge on any atom is 0.328 e. The second-order valence-corrected chi connectivity index (χ2v) is 7.07. The molecule has 2 aromatic rings. The Bertz CT molecular complexity index is 854. The number of thioether (sulfide) groups is 1. The Morgan fingerprint density at radius 3 is 2.59 bits per heavy atom. The molecule has 2 rings (SSSR count). The van der Waals surface area contributed by atoms with Gasteiger partial charge in [0.15, 0.2) is 0 Å². The number of methoxy groups -OCH3 is 1. The number of ether oxygens (including phenoxy) is 1. The lowest BCUT2D eigenvalue weighted by molar-refractivity contribution is -0.145. The van der Waals surface area contributed by atoms with Crippen molar-refractivity contribution >= 4 is 35.2 Å². The van der Waals surface area contributed by atoms with Crippen LogP contribution < -0.4 is 10.9 Å². The first kappa shape index (κ1) is 21.0. The van der Waals surface area contributed by atoms with Gasteiger partial charge in [-0.1, -0.05) is 23.7 Å². The zero-order valence-electron chi connectivity index (χ0n) is 15.0. The molecule has 0 spiro atoms. The van der Waals surface area contributed by atoms with Crippen molar-refractivity contribution in [2.75, 3.05) is 19.1 Å². The second kappa shape index (κ2) is 10.1. The van der Waals surface area contributed by atoms with Crippen LogP contribution in [0.2, 0.25) is 5.02 Å². The fraction of sp³-hybridized carbons (Fsp3) is 0.333. The summed E-state index contributed by atoms with van der Waals surface area (Å²) in [5, 5.41) is 7.42. The number of esters is 1. The summed E-state index contributed by atoms with van der Waals surface area (Å²) in [6.07, 6.45) is 2.34. The van der Waals surface area contributed by atoms with Crippen LogP contribution in [0.4, 0.5) is 0 Å². The SMILES string of the molecule is COC(=O)[C@@H](CCSC)NC(=O)Cn1nc(-c2ccc(Cl)cc2)ccc1=O. The Morgan fingerprint density at radius 2 is 1.96 bits per heavy atom. The largest absolute Gasteiger partial charge is 0.467 e. The van der Waals surface area contributed by atoms with Crippen molar-refractivity contribution in [3.05, 3.63) is 51.8 Å². The molecule has 9 heteroatoms. The molecule has 0 aliphatic carbocycles. The molecular weight excluding hydrogens is 390 g/mol. The Morgan fingerprint density at radius 1 is 1.26 bits per heavy atom. The monoisotopic (exact) mass is 409 g/mol. The number of carbonyl (C=O) groups is 2. The van der Waals surface area contributed by atoms with Gasteiger partial charge in [0.05, 0.1) is 12.8 Å². The van der Waals surface area contributed by atoms with E-state index >= 15 is 0 Å². The number of aromatic nitrogens is 2. The van der Waals surface area contributed by atoms with Crippen LogP contribution >= 0.6 is 23.4 Å². The fourth-order valence-electron chi connectivity index (χ4n) is 2.34. The summed E-state index contributed by atoms with van der Waals surface area (Å²) in [5.41, 5.74) is 0.883. The first-order valence-corrected chi connectivity index (χ1v) is 9.92. The van der Waals surface area contributed by atoms with E-state index in [0.717, 1.165) is 10.2 Å². The average molecular weight is 410 g/mol. The smallest absolute Gasteiger partial charge is 0.328 e. The number of hydrogen-bond acceptors (Lipinski definition) is 6. The van der Waals surface area contributed by atoms with E-state index in [0.29, 0.717) is 22.9 Å². The molecule has 0 aliphatic heterocycles. The standard InChI is InChI=1S/C18H20ClN3O4S/c1-26-18(25)15(9-10-27-2)20-16(23)11-22-17(24)8-7-14(21-22)12-3-5-13(19)6-4-12/h3-8,15H,9-11H2,1-2H3,(H,20,23)/t15-/m1/s1. The molecule has 1 heterocycles. The summed E-state index contributed by atoms with van der Waals surface area (Å²) >= 11 is 7.43. The van der Waals surface area contributed by atoms with E-state index in [1.54, 1.807) is 42.1 Å². The van der Waals surface area contributed by atoms with Crippen LogP contribution in [-0.2, 0) is 20.9 Å². The molecule has 27 heavy (non-hydrogen) atoms. The zero-order valence-corrected chi connectivity index (χ0v) is 16.5. The molecule has 1 aromatic heterocycles. The minimum Gasteiger partial charge on any atom is -0.467 e. The summed E-state index contributed by atoms with van der Waals surface area (Å²) in [5.74, 6) is -0.327. The van der Waals surface area contributed by atoms with Crippen LogP contribution in [0, 0.1) is 0 Å². The molecule has 0 bridgehead atoms. The maximum atomic E-state index is 12.3. The van der Waals surface area contributed by atoms with Crippen LogP contribution in [0.15, 0.2) is 41.2 Å². The summed E-state index contributed by atoms with van der Waals surface area (Å²) in [7, 11) is 1.27. The molecular formula is C18H20ClN3O4S. The minimum atomic E-state index is -0.759. The molecule has 0 saturated carbocycles. The van der Waals surface area contributed by atoms with Crippen molar-refractivity contribution < 1.29 is 14.3 Å². The number of halogens is 1. The van der Waals surface area contributed by atoms with Crippen LogP contribution in [0.3, 0.4) is 0 Å². The molecule has 144 valence electrons. The fourth-order valence-corrected chi connectivity index (χ4v) is 2.94. The van der Waals surface area contributed by atoms with Gasteiger partial charge in [-0.25, -0.2) is 9.48 Å². The number of benzene rings is 1. The molecule has 0 aliphatic rings. The first-order chi connectivity index (χ1) is 12.9. The van der Waals surface area contributed by atoms with E-state index in [4.69, 9.17) is 16.3 Å². The number of amides is 1. The first-order valence-electron chi connectivity index (χ1n) is 8.15. The summed E-state index contributed by atoms with van der Waals surface area (Å²) in [4.78, 5) is 36.2. The highest BCUT2D eigenvalue weighted by molar-refractivity contribution is 7.98. The predicted octanol–water partition coefficient (Wildman–Crippen LogP) is 1.97. The topological polar surface area (TPSA) is 90.3 Å². The molecule has 0 saturated heterocycles. The Hall–Kier alpha value is -2.32. The Kier molecular flexibility index (Phi) is 7.87. The second-order valence-electron chi connectivity index (χ2n) is 5.65. The van der Waals surface area contributed by atoms with Crippen LogP contribution in [0.25, 0.3) is 11.3 Å². The van der Waals surface area contributed by atoms with E-state index < -0.39 is 23.5 Å². The van der Waals surface area contributed by atoms with Crippen LogP contribution in [-0.4, -0.2) is 46.8 Å². The Balaban J connectivity index is 2.14. The van der Waals surface area contributed by atoms with Crippen LogP contribution in [0.1, 0.15) is 6.42 Å². The van der Waals surface area contributed by atoms with E-state index in [1.807, 2.05) is 6.26 Å². The predicted molar refractivity (Wildman–Crippen MR) is 106 cm³/mol. The van der Waals surface area contributed by atoms with Gasteiger partial charge in [0.2, 0.25) is 5.91 Å². The molecule has 1 N–H and O–H groups in total. The lowest BCUT2D eigenvalue weighted by Gasteiger charge is -2.16. The highest BCUT2D eigenvalue weighted by Gasteiger charge is 2.21. The van der Waals surface area contributed by atoms with Crippen molar-refractivity contribution in [2.45, 2.75) is 19.0 Å². The quantitative estimate of drug-likeness (QED) is 0.670. The van der Waals surface area contributed by atoms with Gasteiger partial charge in [-0.05, 0) is 36.6 Å². The van der Waals surface area contributed by atoms with Gasteiger partial charge in [0, 0.05) is 16.7 Å². The summed E-state index contributed by atoms with van der Waals surface area (Å²) in [6, 6.07) is 9.14. The molecule has 0 unspecified atom stereocenters. The maximum absolute atomic E-state index is 12.3. The molecule has 1 amide bonds. The third-order valence-corrected chi connectivity index (χ3v) is 4.63. The summed E-state index contributed by atoms with van der Waals surface area (Å²) in [6.45, 7) is -0.299. The van der Waals surface area contributed by atoms with Crippen molar-refractivity contribution in [3.8, 4) is 11.3 Å². The number of nitrogens with zero attached hydrogens (tertiary/aromatic N) is 2. The number of rotatable bonds is 8. The normalized spacial score (nSPS) is 11.7. The zero-order chi connectivity index (χ0) is 19.8. The highest BCUT2D eigenvalue weighted by atomic mass is 35.5. The van der Waals surface area contributed by atoms with Crippen molar-refractivity contribution in [2.24, 2.45) is 0 Å². The van der Waals surface area contributed by atoms with Gasteiger partial charge in [-0.2, -0.15) is 16.9 Å². The molecule has 1 atom stereocenters. The van der Waals surface area contributed by atoms with Gasteiger partial charge in [-0.15, -0.1) is 0 Å². The van der Waals surface area contributed by atoms with E-state index in [-0.39, 0.29) is 6.54 Å². The van der Waals surface area contributed by atoms with Crippen molar-refractivity contribution in [3.63, 3.8) is 0 Å². The molecule has 0 fully saturated rings. The lowest BCUT2D eigenvalue weighted by Crippen LogP contribution is -2.44. The van der Waals surface area contributed by atoms with E-state index in [2.05, 4.69) is 10.4 Å². The third-order valence-electron chi connectivity index (χ3n) is 3.73. The van der Waals surface area contributed by atoms with Crippen molar-refractivity contribution in [1.29, 1.82) is 0 Å². The van der Waals surface area contributed by atoms with Gasteiger partial charge >= 0.3 is 5.97 Å². The minimum absolute atomic E-state index is 0.299. The van der Waals surface area contributed by atoms with Crippen LogP contribution in [0.5, 0.6) is 0 Å². The average Bonchev–Trinajstić information content (AvgIpc) is 2.67. The number of carbonyl (C=O) groups excluding carboxylic acids is 2. The van der Waals surface area contributed by atoms with Gasteiger partial charge in [0.25, 0.3) is 5.56 Å². The number of nitrogens with one attached hydrogen (secondary N) is 1. The van der Waals surface area contributed by atoms with E-state index in [9.17, 15) is 14.4 Å². The molecule has 1 aromatic carbocycles. The summed E-state index contributed by atoms with van der Waals surface area (Å²) < 4.78 is 5.77. The van der Waals surface area contributed by atoms with Gasteiger partial charge < -0.3 is 10.1 Å². The highest BCUT2D eigenvalue weighted by Crippen LogP contribution is 2.18. The van der Waals surface area contributed by atoms with Crippen molar-refractivity contribution in [1.82, 2.24) is 15.1 Å². The lowest BCUT2D eigenvalue weighted by atomic mass is 10.1. The van der Waals surface area contributed by atoms with E-state index in [1.165, 1.54) is 13.2 Å². The molecule has 0 radical (unpaired) electrons. The van der Waals surface area contributed by atoms with Gasteiger partial charge in [-0.3, -0.25) is 9.59 Å². The molecule has 7 nitrogen and oxygen atoms in total.